The predicted molar refractivity (Wildman–Crippen MR) is 303 cm³/mol. The van der Waals surface area contributed by atoms with Gasteiger partial charge in [0.2, 0.25) is 0 Å². The van der Waals surface area contributed by atoms with Crippen molar-refractivity contribution in [1.29, 1.82) is 0 Å². The van der Waals surface area contributed by atoms with Gasteiger partial charge in [-0.15, -0.1) is 0 Å². The molecule has 6 heteroatoms. The highest BCUT2D eigenvalue weighted by Crippen LogP contribution is 2.18. The van der Waals surface area contributed by atoms with E-state index in [2.05, 4.69) is 45.1 Å². The molecule has 0 aliphatic heterocycles. The van der Waals surface area contributed by atoms with Crippen LogP contribution in [0, 0.1) is 0 Å². The van der Waals surface area contributed by atoms with E-state index in [-0.39, 0.29) is 31.1 Å². The van der Waals surface area contributed by atoms with Gasteiger partial charge in [-0.25, -0.2) is 0 Å². The van der Waals surface area contributed by atoms with Crippen molar-refractivity contribution in [2.45, 2.75) is 354 Å². The monoisotopic (exact) mass is 985 g/mol. The van der Waals surface area contributed by atoms with Crippen molar-refractivity contribution in [3.05, 3.63) is 24.3 Å². The SMILES string of the molecule is CCCCCC/C=C\C/C=C\CCCCCCCCCC(=O)OC(COC(=O)CCCCCCCC)COC(=O)CCCCCCCCCCCCCCCCCCCCCCCCCCCCCC. The molecule has 0 bridgehead atoms. The Kier molecular flexibility index (Phi) is 57.7. The number of carbonyl (C=O) groups is 3. The number of rotatable bonds is 58. The minimum atomic E-state index is -0.769. The summed E-state index contributed by atoms with van der Waals surface area (Å²) in [5.41, 5.74) is 0. The second-order valence-corrected chi connectivity index (χ2v) is 21.3. The van der Waals surface area contributed by atoms with E-state index in [9.17, 15) is 14.4 Å². The highest BCUT2D eigenvalue weighted by molar-refractivity contribution is 5.71. The molecular weight excluding hydrogens is 865 g/mol. The number of esters is 3. The molecule has 0 heterocycles. The molecule has 1 atom stereocenters. The highest BCUT2D eigenvalue weighted by Gasteiger charge is 2.19. The van der Waals surface area contributed by atoms with E-state index >= 15 is 0 Å². The van der Waals surface area contributed by atoms with Crippen LogP contribution in [0.4, 0.5) is 0 Å². The van der Waals surface area contributed by atoms with Gasteiger partial charge in [0.05, 0.1) is 0 Å². The highest BCUT2D eigenvalue weighted by atomic mass is 16.6. The fraction of sp³-hybridized carbons (Fsp3) is 0.891. The molecule has 0 aromatic rings. The van der Waals surface area contributed by atoms with Gasteiger partial charge in [-0.2, -0.15) is 0 Å². The maximum Gasteiger partial charge on any atom is 0.306 e. The Bertz CT molecular complexity index is 1130. The van der Waals surface area contributed by atoms with Crippen molar-refractivity contribution in [2.24, 2.45) is 0 Å². The molecule has 412 valence electrons. The Hall–Kier alpha value is -2.11. The smallest absolute Gasteiger partial charge is 0.306 e. The molecule has 0 spiro atoms. The van der Waals surface area contributed by atoms with Gasteiger partial charge in [0, 0.05) is 19.3 Å². The van der Waals surface area contributed by atoms with E-state index < -0.39 is 6.10 Å². The number of unbranched alkanes of at least 4 members (excludes halogenated alkanes) is 43. The van der Waals surface area contributed by atoms with Gasteiger partial charge in [-0.05, 0) is 51.4 Å². The lowest BCUT2D eigenvalue weighted by Gasteiger charge is -2.18. The second-order valence-electron chi connectivity index (χ2n) is 21.3. The Morgan fingerprint density at radius 2 is 0.514 bits per heavy atom. The van der Waals surface area contributed by atoms with Crippen LogP contribution in [0.15, 0.2) is 24.3 Å². The predicted octanol–water partition coefficient (Wildman–Crippen LogP) is 21.1. The lowest BCUT2D eigenvalue weighted by atomic mass is 10.0. The summed E-state index contributed by atoms with van der Waals surface area (Å²) in [5, 5.41) is 0. The first-order valence-electron chi connectivity index (χ1n) is 31.3. The average molecular weight is 986 g/mol. The third-order valence-corrected chi connectivity index (χ3v) is 14.2. The third kappa shape index (κ3) is 56.8. The van der Waals surface area contributed by atoms with Crippen LogP contribution in [0.5, 0.6) is 0 Å². The van der Waals surface area contributed by atoms with Crippen molar-refractivity contribution >= 4 is 17.9 Å². The van der Waals surface area contributed by atoms with E-state index in [0.717, 1.165) is 70.6 Å². The molecule has 0 N–H and O–H groups in total. The van der Waals surface area contributed by atoms with Crippen molar-refractivity contribution in [3.63, 3.8) is 0 Å². The third-order valence-electron chi connectivity index (χ3n) is 14.2. The largest absolute Gasteiger partial charge is 0.462 e. The molecule has 0 amide bonds. The molecule has 6 nitrogen and oxygen atoms in total. The zero-order valence-electron chi connectivity index (χ0n) is 47.3. The molecule has 0 aromatic heterocycles. The Morgan fingerprint density at radius 1 is 0.286 bits per heavy atom. The molecule has 1 unspecified atom stereocenters. The minimum Gasteiger partial charge on any atom is -0.462 e. The molecule has 0 aromatic carbocycles. The van der Waals surface area contributed by atoms with Gasteiger partial charge in [0.15, 0.2) is 6.10 Å². The van der Waals surface area contributed by atoms with E-state index in [4.69, 9.17) is 14.2 Å². The fourth-order valence-corrected chi connectivity index (χ4v) is 9.48. The van der Waals surface area contributed by atoms with Crippen LogP contribution in [0.25, 0.3) is 0 Å². The van der Waals surface area contributed by atoms with Crippen molar-refractivity contribution < 1.29 is 28.6 Å². The number of ether oxygens (including phenoxy) is 3. The summed E-state index contributed by atoms with van der Waals surface area (Å²) in [6.07, 6.45) is 70.9. The van der Waals surface area contributed by atoms with Crippen molar-refractivity contribution in [3.8, 4) is 0 Å². The van der Waals surface area contributed by atoms with Crippen LogP contribution < -0.4 is 0 Å². The lowest BCUT2D eigenvalue weighted by molar-refractivity contribution is -0.167. The number of allylic oxidation sites excluding steroid dienone is 4. The van der Waals surface area contributed by atoms with Crippen LogP contribution in [0.2, 0.25) is 0 Å². The van der Waals surface area contributed by atoms with Crippen LogP contribution in [-0.4, -0.2) is 37.2 Å². The number of hydrogen-bond donors (Lipinski definition) is 0. The Labute approximate surface area is 436 Å². The molecule has 0 aliphatic carbocycles. The summed E-state index contributed by atoms with van der Waals surface area (Å²) in [4.78, 5) is 37.9. The van der Waals surface area contributed by atoms with Crippen LogP contribution in [0.3, 0.4) is 0 Å². The molecule has 0 radical (unpaired) electrons. The zero-order valence-corrected chi connectivity index (χ0v) is 47.3. The van der Waals surface area contributed by atoms with E-state index in [0.29, 0.717) is 19.3 Å². The minimum absolute atomic E-state index is 0.0700. The van der Waals surface area contributed by atoms with Crippen molar-refractivity contribution in [2.75, 3.05) is 13.2 Å². The Balaban J connectivity index is 4.00. The molecule has 70 heavy (non-hydrogen) atoms. The van der Waals surface area contributed by atoms with Gasteiger partial charge in [-0.1, -0.05) is 302 Å². The molecule has 0 saturated carbocycles. The van der Waals surface area contributed by atoms with Crippen LogP contribution >= 0.6 is 0 Å². The zero-order chi connectivity index (χ0) is 50.7. The van der Waals surface area contributed by atoms with Gasteiger partial charge in [0.25, 0.3) is 0 Å². The van der Waals surface area contributed by atoms with Gasteiger partial charge in [0.1, 0.15) is 13.2 Å². The summed E-state index contributed by atoms with van der Waals surface area (Å²) in [6.45, 7) is 6.61. The molecule has 0 rings (SSSR count). The summed E-state index contributed by atoms with van der Waals surface area (Å²) >= 11 is 0. The second kappa shape index (κ2) is 59.5. The first-order valence-corrected chi connectivity index (χ1v) is 31.3. The summed E-state index contributed by atoms with van der Waals surface area (Å²) < 4.78 is 16.8. The normalized spacial score (nSPS) is 12.1. The Morgan fingerprint density at radius 3 is 0.800 bits per heavy atom. The standard InChI is InChI=1S/C64H120O6/c1-4-7-10-13-16-18-20-22-24-26-28-29-30-31-32-33-34-35-36-37-39-40-42-44-46-48-51-54-57-63(66)69-60-61(59-68-62(65)56-53-50-15-12-9-6-3)70-64(67)58-55-52-49-47-45-43-41-38-27-25-23-21-19-17-14-11-8-5-2/h19,21,25,27,61H,4-18,20,22-24,26,28-60H2,1-3H3/b21-19-,27-25-. The maximum absolute atomic E-state index is 12.8. The van der Waals surface area contributed by atoms with Crippen LogP contribution in [0.1, 0.15) is 348 Å². The quantitative estimate of drug-likeness (QED) is 0.0261. The van der Waals surface area contributed by atoms with E-state index in [1.54, 1.807) is 0 Å². The first-order chi connectivity index (χ1) is 34.5. The number of hydrogen-bond acceptors (Lipinski definition) is 6. The lowest BCUT2D eigenvalue weighted by Crippen LogP contribution is -2.30. The fourth-order valence-electron chi connectivity index (χ4n) is 9.48. The topological polar surface area (TPSA) is 78.9 Å². The van der Waals surface area contributed by atoms with E-state index in [1.165, 1.54) is 238 Å². The van der Waals surface area contributed by atoms with E-state index in [1.807, 2.05) is 0 Å². The first kappa shape index (κ1) is 67.9. The average Bonchev–Trinajstić information content (AvgIpc) is 3.36. The number of carbonyl (C=O) groups excluding carboxylic acids is 3. The molecule has 0 fully saturated rings. The molecular formula is C64H120O6. The summed E-state index contributed by atoms with van der Waals surface area (Å²) in [6, 6.07) is 0. The molecule has 0 aliphatic rings. The summed E-state index contributed by atoms with van der Waals surface area (Å²) in [7, 11) is 0. The summed E-state index contributed by atoms with van der Waals surface area (Å²) in [5.74, 6) is -0.867. The van der Waals surface area contributed by atoms with Gasteiger partial charge in [-0.3, -0.25) is 14.4 Å². The maximum atomic E-state index is 12.8. The van der Waals surface area contributed by atoms with Gasteiger partial charge < -0.3 is 14.2 Å². The molecule has 0 saturated heterocycles. The van der Waals surface area contributed by atoms with Gasteiger partial charge >= 0.3 is 17.9 Å². The van der Waals surface area contributed by atoms with Crippen LogP contribution in [-0.2, 0) is 28.6 Å². The van der Waals surface area contributed by atoms with Crippen molar-refractivity contribution in [1.82, 2.24) is 0 Å².